The van der Waals surface area contributed by atoms with Crippen LogP contribution in [0, 0.1) is 0 Å². The first-order chi connectivity index (χ1) is 8.29. The Morgan fingerprint density at radius 3 is 2.82 bits per heavy atom. The van der Waals surface area contributed by atoms with E-state index in [0.29, 0.717) is 12.6 Å². The van der Waals surface area contributed by atoms with Crippen molar-refractivity contribution in [2.24, 2.45) is 5.73 Å². The van der Waals surface area contributed by atoms with Crippen LogP contribution in [-0.4, -0.2) is 28.3 Å². The first-order valence-electron chi connectivity index (χ1n) is 6.77. The summed E-state index contributed by atoms with van der Waals surface area (Å²) in [6.07, 6.45) is 6.45. The first kappa shape index (κ1) is 11.2. The fourth-order valence-corrected chi connectivity index (χ4v) is 3.26. The number of rotatable bonds is 2. The molecule has 94 valence electrons. The van der Waals surface area contributed by atoms with Crippen LogP contribution < -0.4 is 5.73 Å². The molecule has 0 saturated heterocycles. The molecule has 0 radical (unpaired) electrons. The maximum atomic E-state index is 5.84. The summed E-state index contributed by atoms with van der Waals surface area (Å²) in [5.41, 5.74) is 9.84. The summed E-state index contributed by atoms with van der Waals surface area (Å²) in [5, 5.41) is 4.79. The van der Waals surface area contributed by atoms with E-state index in [9.17, 15) is 0 Å². The van der Waals surface area contributed by atoms with Gasteiger partial charge in [-0.05, 0) is 19.9 Å². The lowest BCUT2D eigenvalue weighted by Crippen LogP contribution is -2.28. The molecule has 0 atom stereocenters. The van der Waals surface area contributed by atoms with Crippen LogP contribution in [-0.2, 0) is 19.5 Å². The van der Waals surface area contributed by atoms with Crippen molar-refractivity contribution in [3.8, 4) is 0 Å². The van der Waals surface area contributed by atoms with Crippen molar-refractivity contribution in [3.63, 3.8) is 0 Å². The third-order valence-corrected chi connectivity index (χ3v) is 4.22. The van der Waals surface area contributed by atoms with E-state index >= 15 is 0 Å². The average molecular weight is 234 g/mol. The normalized spacial score (nSPS) is 22.0. The Kier molecular flexibility index (Phi) is 2.92. The molecule has 1 aliphatic carbocycles. The minimum absolute atomic E-state index is 0.579. The van der Waals surface area contributed by atoms with Gasteiger partial charge in [-0.3, -0.25) is 4.68 Å². The number of hydrogen-bond donors (Lipinski definition) is 1. The lowest BCUT2D eigenvalue weighted by molar-refractivity contribution is 0.302. The standard InChI is InChI=1S/C13H22N4/c1-16-7-6-13-11(9-16)12(8-14)15-17(13)10-4-2-3-5-10/h10H,2-9,14H2,1H3. The molecular formula is C13H22N4. The molecule has 1 saturated carbocycles. The number of hydrogen-bond acceptors (Lipinski definition) is 3. The second-order valence-corrected chi connectivity index (χ2v) is 5.45. The molecule has 17 heavy (non-hydrogen) atoms. The second kappa shape index (κ2) is 4.42. The molecule has 2 aliphatic rings. The minimum Gasteiger partial charge on any atom is -0.325 e. The Balaban J connectivity index is 1.98. The second-order valence-electron chi connectivity index (χ2n) is 5.45. The van der Waals surface area contributed by atoms with Gasteiger partial charge in [-0.25, -0.2) is 0 Å². The van der Waals surface area contributed by atoms with Crippen LogP contribution in [0.3, 0.4) is 0 Å². The Bertz CT molecular complexity index is 404. The van der Waals surface area contributed by atoms with Gasteiger partial charge in [-0.2, -0.15) is 5.10 Å². The molecule has 0 unspecified atom stereocenters. The van der Waals surface area contributed by atoms with E-state index in [1.165, 1.54) is 36.9 Å². The highest BCUT2D eigenvalue weighted by atomic mass is 15.3. The van der Waals surface area contributed by atoms with Crippen molar-refractivity contribution in [3.05, 3.63) is 17.0 Å². The van der Waals surface area contributed by atoms with Crippen molar-refractivity contribution in [1.29, 1.82) is 0 Å². The number of fused-ring (bicyclic) bond motifs is 1. The minimum atomic E-state index is 0.579. The molecule has 1 fully saturated rings. The van der Waals surface area contributed by atoms with Gasteiger partial charge in [0.05, 0.1) is 11.7 Å². The molecule has 0 bridgehead atoms. The van der Waals surface area contributed by atoms with Gasteiger partial charge in [0.2, 0.25) is 0 Å². The molecule has 4 heteroatoms. The Morgan fingerprint density at radius 2 is 2.12 bits per heavy atom. The Hall–Kier alpha value is -0.870. The van der Waals surface area contributed by atoms with Gasteiger partial charge in [-0.15, -0.1) is 0 Å². The zero-order chi connectivity index (χ0) is 11.8. The monoisotopic (exact) mass is 234 g/mol. The summed E-state index contributed by atoms with van der Waals surface area (Å²) >= 11 is 0. The van der Waals surface area contributed by atoms with Gasteiger partial charge in [0.15, 0.2) is 0 Å². The van der Waals surface area contributed by atoms with Gasteiger partial charge in [0, 0.05) is 37.3 Å². The fourth-order valence-electron chi connectivity index (χ4n) is 3.26. The molecule has 0 aromatic carbocycles. The summed E-state index contributed by atoms with van der Waals surface area (Å²) in [6, 6.07) is 0.646. The largest absolute Gasteiger partial charge is 0.325 e. The predicted molar refractivity (Wildman–Crippen MR) is 67.7 cm³/mol. The topological polar surface area (TPSA) is 47.1 Å². The van der Waals surface area contributed by atoms with Gasteiger partial charge in [0.1, 0.15) is 0 Å². The maximum Gasteiger partial charge on any atom is 0.0808 e. The van der Waals surface area contributed by atoms with E-state index in [1.807, 2.05) is 0 Å². The number of nitrogens with two attached hydrogens (primary N) is 1. The van der Waals surface area contributed by atoms with Crippen molar-refractivity contribution in [1.82, 2.24) is 14.7 Å². The van der Waals surface area contributed by atoms with Crippen molar-refractivity contribution in [2.75, 3.05) is 13.6 Å². The molecule has 2 N–H and O–H groups in total. The van der Waals surface area contributed by atoms with E-state index in [1.54, 1.807) is 0 Å². The molecule has 0 spiro atoms. The zero-order valence-corrected chi connectivity index (χ0v) is 10.7. The smallest absolute Gasteiger partial charge is 0.0808 e. The quantitative estimate of drug-likeness (QED) is 0.842. The van der Waals surface area contributed by atoms with Gasteiger partial charge >= 0.3 is 0 Å². The zero-order valence-electron chi connectivity index (χ0n) is 10.7. The van der Waals surface area contributed by atoms with E-state index in [0.717, 1.165) is 25.2 Å². The number of nitrogens with zero attached hydrogens (tertiary/aromatic N) is 3. The molecular weight excluding hydrogens is 212 g/mol. The SMILES string of the molecule is CN1CCc2c(c(CN)nn2C2CCCC2)C1. The van der Waals surface area contributed by atoms with Crippen molar-refractivity contribution < 1.29 is 0 Å². The highest BCUT2D eigenvalue weighted by Gasteiger charge is 2.27. The molecule has 2 heterocycles. The van der Waals surface area contributed by atoms with E-state index in [-0.39, 0.29) is 0 Å². The van der Waals surface area contributed by atoms with E-state index < -0.39 is 0 Å². The van der Waals surface area contributed by atoms with Gasteiger partial charge in [-0.1, -0.05) is 12.8 Å². The van der Waals surface area contributed by atoms with Crippen LogP contribution in [0.25, 0.3) is 0 Å². The fraction of sp³-hybridized carbons (Fsp3) is 0.769. The molecule has 1 aromatic heterocycles. The summed E-state index contributed by atoms with van der Waals surface area (Å²) in [5.74, 6) is 0. The molecule has 4 nitrogen and oxygen atoms in total. The van der Waals surface area contributed by atoms with Crippen LogP contribution in [0.2, 0.25) is 0 Å². The molecule has 1 aromatic rings. The van der Waals surface area contributed by atoms with Crippen LogP contribution in [0.1, 0.15) is 48.7 Å². The summed E-state index contributed by atoms with van der Waals surface area (Å²) in [4.78, 5) is 2.36. The highest BCUT2D eigenvalue weighted by molar-refractivity contribution is 5.29. The lowest BCUT2D eigenvalue weighted by atomic mass is 10.0. The summed E-state index contributed by atoms with van der Waals surface area (Å²) in [7, 11) is 2.18. The number of likely N-dealkylation sites (N-methyl/N-ethyl adjacent to an activating group) is 1. The Morgan fingerprint density at radius 1 is 1.35 bits per heavy atom. The highest BCUT2D eigenvalue weighted by Crippen LogP contribution is 2.33. The van der Waals surface area contributed by atoms with Crippen LogP contribution in [0.15, 0.2) is 0 Å². The van der Waals surface area contributed by atoms with Crippen LogP contribution in [0.5, 0.6) is 0 Å². The van der Waals surface area contributed by atoms with Crippen LogP contribution in [0.4, 0.5) is 0 Å². The van der Waals surface area contributed by atoms with Crippen LogP contribution >= 0.6 is 0 Å². The van der Waals surface area contributed by atoms with E-state index in [2.05, 4.69) is 16.6 Å². The Labute approximate surface area is 103 Å². The van der Waals surface area contributed by atoms with Gasteiger partial charge < -0.3 is 10.6 Å². The van der Waals surface area contributed by atoms with Crippen molar-refractivity contribution >= 4 is 0 Å². The average Bonchev–Trinajstić information content (AvgIpc) is 2.94. The predicted octanol–water partition coefficient (Wildman–Crippen LogP) is 1.44. The summed E-state index contributed by atoms with van der Waals surface area (Å²) in [6.45, 7) is 2.75. The molecule has 1 aliphatic heterocycles. The van der Waals surface area contributed by atoms with Crippen molar-refractivity contribution in [2.45, 2.75) is 51.2 Å². The van der Waals surface area contributed by atoms with Gasteiger partial charge in [0.25, 0.3) is 0 Å². The first-order valence-corrected chi connectivity index (χ1v) is 6.77. The molecule has 3 rings (SSSR count). The number of aromatic nitrogens is 2. The maximum absolute atomic E-state index is 5.84. The summed E-state index contributed by atoms with van der Waals surface area (Å²) < 4.78 is 2.32. The molecule has 0 amide bonds. The third-order valence-electron chi connectivity index (χ3n) is 4.22. The van der Waals surface area contributed by atoms with E-state index in [4.69, 9.17) is 10.8 Å². The lowest BCUT2D eigenvalue weighted by Gasteiger charge is -2.24. The third kappa shape index (κ3) is 1.89.